The molecule has 2 N–H and O–H groups in total. The van der Waals surface area contributed by atoms with Crippen LogP contribution in [-0.4, -0.2) is 26.2 Å². The van der Waals surface area contributed by atoms with Gasteiger partial charge >= 0.3 is 0 Å². The van der Waals surface area contributed by atoms with Crippen molar-refractivity contribution < 1.29 is 13.5 Å². The van der Waals surface area contributed by atoms with Crippen molar-refractivity contribution in [3.8, 4) is 0 Å². The maximum atomic E-state index is 12.0. The molecule has 2 unspecified atom stereocenters. The van der Waals surface area contributed by atoms with Gasteiger partial charge in [-0.25, -0.2) is 13.1 Å². The van der Waals surface area contributed by atoms with Gasteiger partial charge < -0.3 is 5.11 Å². The molecule has 6 heteroatoms. The Balaban J connectivity index is 1.99. The molecule has 4 nitrogen and oxygen atoms in total. The molecular formula is C12H16BrNO3S. The van der Waals surface area contributed by atoms with Gasteiger partial charge in [0.2, 0.25) is 10.0 Å². The largest absolute Gasteiger partial charge is 0.393 e. The van der Waals surface area contributed by atoms with Crippen LogP contribution < -0.4 is 4.72 Å². The molecule has 1 fully saturated rings. The minimum Gasteiger partial charge on any atom is -0.393 e. The summed E-state index contributed by atoms with van der Waals surface area (Å²) in [5.41, 5.74) is 0. The molecule has 100 valence electrons. The van der Waals surface area contributed by atoms with E-state index < -0.39 is 10.0 Å². The minimum atomic E-state index is -3.45. The summed E-state index contributed by atoms with van der Waals surface area (Å²) in [6.45, 7) is 0.395. The molecule has 1 aliphatic carbocycles. The Morgan fingerprint density at radius 2 is 2.17 bits per heavy atom. The lowest BCUT2D eigenvalue weighted by Crippen LogP contribution is -2.28. The molecule has 0 saturated heterocycles. The predicted molar refractivity (Wildman–Crippen MR) is 72.7 cm³/mol. The summed E-state index contributed by atoms with van der Waals surface area (Å²) < 4.78 is 27.4. The van der Waals surface area contributed by atoms with Gasteiger partial charge in [0.15, 0.2) is 0 Å². The van der Waals surface area contributed by atoms with Crippen LogP contribution in [0.4, 0.5) is 0 Å². The SMILES string of the molecule is O=S(=O)(NCC1CCC(O)C1)c1cccc(Br)c1. The van der Waals surface area contributed by atoms with Gasteiger partial charge in [0.25, 0.3) is 0 Å². The summed E-state index contributed by atoms with van der Waals surface area (Å²) in [7, 11) is -3.45. The van der Waals surface area contributed by atoms with Crippen molar-refractivity contribution in [1.29, 1.82) is 0 Å². The van der Waals surface area contributed by atoms with Crippen molar-refractivity contribution in [1.82, 2.24) is 4.72 Å². The molecule has 0 radical (unpaired) electrons. The summed E-state index contributed by atoms with van der Waals surface area (Å²) in [6, 6.07) is 6.62. The summed E-state index contributed by atoms with van der Waals surface area (Å²) in [5.74, 6) is 0.238. The Labute approximate surface area is 116 Å². The van der Waals surface area contributed by atoms with E-state index in [1.54, 1.807) is 24.3 Å². The topological polar surface area (TPSA) is 66.4 Å². The number of aliphatic hydroxyl groups is 1. The van der Waals surface area contributed by atoms with E-state index in [1.165, 1.54) is 0 Å². The summed E-state index contributed by atoms with van der Waals surface area (Å²) >= 11 is 3.25. The van der Waals surface area contributed by atoms with Gasteiger partial charge in [-0.15, -0.1) is 0 Å². The first-order chi connectivity index (χ1) is 8.47. The van der Waals surface area contributed by atoms with Gasteiger partial charge in [0.1, 0.15) is 0 Å². The lowest BCUT2D eigenvalue weighted by Gasteiger charge is -2.11. The number of hydrogen-bond donors (Lipinski definition) is 2. The van der Waals surface area contributed by atoms with E-state index in [9.17, 15) is 13.5 Å². The highest BCUT2D eigenvalue weighted by Gasteiger charge is 2.24. The molecular weight excluding hydrogens is 318 g/mol. The van der Waals surface area contributed by atoms with Crippen LogP contribution in [-0.2, 0) is 10.0 Å². The predicted octanol–water partition coefficient (Wildman–Crippen LogP) is 1.89. The Hall–Kier alpha value is -0.430. The van der Waals surface area contributed by atoms with E-state index in [1.807, 2.05) is 0 Å². The van der Waals surface area contributed by atoms with E-state index in [-0.39, 0.29) is 16.9 Å². The van der Waals surface area contributed by atoms with Gasteiger partial charge in [-0.05, 0) is 43.4 Å². The highest BCUT2D eigenvalue weighted by atomic mass is 79.9. The number of rotatable bonds is 4. The minimum absolute atomic E-state index is 0.238. The average Bonchev–Trinajstić information content (AvgIpc) is 2.73. The second-order valence-electron chi connectivity index (χ2n) is 4.64. The van der Waals surface area contributed by atoms with Gasteiger partial charge in [-0.2, -0.15) is 0 Å². The molecule has 1 aliphatic rings. The first-order valence-corrected chi connectivity index (χ1v) is 8.18. The van der Waals surface area contributed by atoms with Gasteiger partial charge in [0.05, 0.1) is 11.0 Å². The lowest BCUT2D eigenvalue weighted by atomic mass is 10.1. The maximum absolute atomic E-state index is 12.0. The second kappa shape index (κ2) is 5.69. The standard InChI is InChI=1S/C12H16BrNO3S/c13-10-2-1-3-12(7-10)18(16,17)14-8-9-4-5-11(15)6-9/h1-3,7,9,11,14-15H,4-6,8H2. The van der Waals surface area contributed by atoms with E-state index in [4.69, 9.17) is 0 Å². The van der Waals surface area contributed by atoms with Crippen molar-refractivity contribution in [3.63, 3.8) is 0 Å². The summed E-state index contributed by atoms with van der Waals surface area (Å²) in [4.78, 5) is 0.260. The molecule has 1 aromatic rings. The third kappa shape index (κ3) is 3.54. The van der Waals surface area contributed by atoms with Gasteiger partial charge in [-0.1, -0.05) is 22.0 Å². The molecule has 0 heterocycles. The molecule has 0 amide bonds. The van der Waals surface area contributed by atoms with E-state index in [0.717, 1.165) is 17.3 Å². The second-order valence-corrected chi connectivity index (χ2v) is 7.32. The molecule has 0 bridgehead atoms. The third-order valence-corrected chi connectivity index (χ3v) is 5.10. The highest BCUT2D eigenvalue weighted by molar-refractivity contribution is 9.10. The first-order valence-electron chi connectivity index (χ1n) is 5.90. The zero-order chi connectivity index (χ0) is 13.2. The fourth-order valence-electron chi connectivity index (χ4n) is 2.18. The molecule has 0 aliphatic heterocycles. The van der Waals surface area contributed by atoms with Crippen LogP contribution in [0.5, 0.6) is 0 Å². The van der Waals surface area contributed by atoms with Crippen molar-refractivity contribution >= 4 is 26.0 Å². The number of sulfonamides is 1. The van der Waals surface area contributed by atoms with Crippen molar-refractivity contribution in [2.24, 2.45) is 5.92 Å². The fourth-order valence-corrected chi connectivity index (χ4v) is 3.89. The van der Waals surface area contributed by atoms with E-state index in [0.29, 0.717) is 13.0 Å². The Morgan fingerprint density at radius 1 is 1.39 bits per heavy atom. The summed E-state index contributed by atoms with van der Waals surface area (Å²) in [6.07, 6.45) is 2.05. The molecule has 18 heavy (non-hydrogen) atoms. The van der Waals surface area contributed by atoms with Crippen LogP contribution in [0.3, 0.4) is 0 Å². The number of hydrogen-bond acceptors (Lipinski definition) is 3. The van der Waals surface area contributed by atoms with Crippen LogP contribution in [0.25, 0.3) is 0 Å². The number of halogens is 1. The molecule has 0 aromatic heterocycles. The fraction of sp³-hybridized carbons (Fsp3) is 0.500. The van der Waals surface area contributed by atoms with E-state index in [2.05, 4.69) is 20.7 Å². The van der Waals surface area contributed by atoms with Gasteiger partial charge in [0, 0.05) is 11.0 Å². The Bertz CT molecular complexity index is 518. The van der Waals surface area contributed by atoms with Crippen molar-refractivity contribution in [2.45, 2.75) is 30.3 Å². The Kier molecular flexibility index (Phi) is 4.42. The molecule has 2 rings (SSSR count). The lowest BCUT2D eigenvalue weighted by molar-refractivity contribution is 0.178. The Morgan fingerprint density at radius 3 is 2.78 bits per heavy atom. The first kappa shape index (κ1) is 14.0. The molecule has 1 saturated carbocycles. The smallest absolute Gasteiger partial charge is 0.240 e. The van der Waals surface area contributed by atoms with E-state index >= 15 is 0 Å². The van der Waals surface area contributed by atoms with Gasteiger partial charge in [-0.3, -0.25) is 0 Å². The van der Waals surface area contributed by atoms with Crippen LogP contribution >= 0.6 is 15.9 Å². The molecule has 1 aromatic carbocycles. The summed E-state index contributed by atoms with van der Waals surface area (Å²) in [5, 5.41) is 9.40. The average molecular weight is 334 g/mol. The zero-order valence-electron chi connectivity index (χ0n) is 9.84. The van der Waals surface area contributed by atoms with Crippen LogP contribution in [0.1, 0.15) is 19.3 Å². The highest BCUT2D eigenvalue weighted by Crippen LogP contribution is 2.25. The molecule has 0 spiro atoms. The van der Waals surface area contributed by atoms with Crippen molar-refractivity contribution in [3.05, 3.63) is 28.7 Å². The third-order valence-electron chi connectivity index (χ3n) is 3.18. The number of nitrogens with one attached hydrogen (secondary N) is 1. The monoisotopic (exact) mass is 333 g/mol. The maximum Gasteiger partial charge on any atom is 0.240 e. The van der Waals surface area contributed by atoms with Crippen LogP contribution in [0, 0.1) is 5.92 Å². The number of benzene rings is 1. The van der Waals surface area contributed by atoms with Crippen LogP contribution in [0.2, 0.25) is 0 Å². The number of aliphatic hydroxyl groups excluding tert-OH is 1. The quantitative estimate of drug-likeness (QED) is 0.884. The zero-order valence-corrected chi connectivity index (χ0v) is 12.2. The normalized spacial score (nSPS) is 24.3. The molecule has 2 atom stereocenters. The van der Waals surface area contributed by atoms with Crippen molar-refractivity contribution in [2.75, 3.05) is 6.54 Å². The van der Waals surface area contributed by atoms with Crippen LogP contribution in [0.15, 0.2) is 33.6 Å².